The summed E-state index contributed by atoms with van der Waals surface area (Å²) in [6, 6.07) is 3.10. The highest BCUT2D eigenvalue weighted by molar-refractivity contribution is 5.78. The van der Waals surface area contributed by atoms with Crippen LogP contribution in [0.2, 0.25) is 0 Å². The Kier molecular flexibility index (Phi) is 1.30. The number of allylic oxidation sites excluding steroid dienone is 5. The lowest BCUT2D eigenvalue weighted by molar-refractivity contribution is -0.710. The zero-order valence-corrected chi connectivity index (χ0v) is 9.74. The first-order chi connectivity index (χ1) is 8.42. The van der Waals surface area contributed by atoms with Crippen LogP contribution >= 0.6 is 0 Å². The average Bonchev–Trinajstić information content (AvgIpc) is 3.05. The fraction of sp³-hybridized carbons (Fsp3) is 0.312. The summed E-state index contributed by atoms with van der Waals surface area (Å²) in [6.45, 7) is 0. The molecule has 1 aromatic heterocycles. The molecular weight excluding hydrogens is 206 g/mol. The van der Waals surface area contributed by atoms with Gasteiger partial charge in [-0.05, 0) is 30.4 Å². The second-order valence-electron chi connectivity index (χ2n) is 5.53. The lowest BCUT2D eigenvalue weighted by Crippen LogP contribution is -2.39. The maximum absolute atomic E-state index is 2.54. The van der Waals surface area contributed by atoms with Crippen molar-refractivity contribution in [2.45, 2.75) is 31.7 Å². The maximum atomic E-state index is 2.54. The van der Waals surface area contributed by atoms with Gasteiger partial charge in [-0.2, -0.15) is 4.57 Å². The van der Waals surface area contributed by atoms with Crippen molar-refractivity contribution in [1.82, 2.24) is 0 Å². The third-order valence-corrected chi connectivity index (χ3v) is 4.76. The summed E-state index contributed by atoms with van der Waals surface area (Å²) in [5, 5.41) is 0. The highest BCUT2D eigenvalue weighted by Gasteiger charge is 2.46. The maximum Gasteiger partial charge on any atom is 0.210 e. The van der Waals surface area contributed by atoms with Crippen LogP contribution in [-0.2, 0) is 6.42 Å². The third-order valence-electron chi connectivity index (χ3n) is 4.76. The Bertz CT molecular complexity index is 658. The van der Waals surface area contributed by atoms with Crippen molar-refractivity contribution >= 4 is 11.6 Å². The van der Waals surface area contributed by atoms with Crippen LogP contribution in [0.5, 0.6) is 0 Å². The fourth-order valence-corrected chi connectivity index (χ4v) is 4.01. The van der Waals surface area contributed by atoms with Crippen molar-refractivity contribution in [2.24, 2.45) is 0 Å². The highest BCUT2D eigenvalue weighted by atomic mass is 15.0. The van der Waals surface area contributed by atoms with Crippen LogP contribution in [0.15, 0.2) is 35.6 Å². The quantitative estimate of drug-likeness (QED) is 0.592. The predicted molar refractivity (Wildman–Crippen MR) is 67.3 cm³/mol. The number of hydrogen-bond donors (Lipinski definition) is 0. The van der Waals surface area contributed by atoms with Gasteiger partial charge in [0.15, 0.2) is 12.2 Å². The molecule has 1 nitrogen and oxygen atoms in total. The van der Waals surface area contributed by atoms with E-state index in [2.05, 4.69) is 35.1 Å². The number of hydrogen-bond acceptors (Lipinski definition) is 0. The van der Waals surface area contributed by atoms with E-state index in [4.69, 9.17) is 0 Å². The van der Waals surface area contributed by atoms with E-state index in [1.54, 1.807) is 16.7 Å². The van der Waals surface area contributed by atoms with E-state index < -0.39 is 0 Å². The summed E-state index contributed by atoms with van der Waals surface area (Å²) in [4.78, 5) is 0. The van der Waals surface area contributed by atoms with E-state index in [9.17, 15) is 0 Å². The average molecular weight is 220 g/mol. The topological polar surface area (TPSA) is 3.88 Å². The molecule has 0 amide bonds. The van der Waals surface area contributed by atoms with Crippen molar-refractivity contribution in [3.8, 4) is 0 Å². The van der Waals surface area contributed by atoms with Crippen molar-refractivity contribution in [1.29, 1.82) is 0 Å². The van der Waals surface area contributed by atoms with Crippen LogP contribution in [0, 0.1) is 0 Å². The molecular formula is C16H14N+. The van der Waals surface area contributed by atoms with Gasteiger partial charge in [-0.15, -0.1) is 0 Å². The molecule has 2 heterocycles. The molecule has 1 fully saturated rings. The van der Waals surface area contributed by atoms with Gasteiger partial charge in [-0.1, -0.05) is 18.2 Å². The molecule has 5 rings (SSSR count). The first-order valence-electron chi connectivity index (χ1n) is 6.59. The Labute approximate surface area is 101 Å². The molecule has 17 heavy (non-hydrogen) atoms. The van der Waals surface area contributed by atoms with Crippen LogP contribution in [-0.4, -0.2) is 0 Å². The Morgan fingerprint density at radius 3 is 3.24 bits per heavy atom. The van der Waals surface area contributed by atoms with E-state index in [1.165, 1.54) is 36.1 Å². The monoisotopic (exact) mass is 220 g/mol. The van der Waals surface area contributed by atoms with E-state index >= 15 is 0 Å². The molecule has 1 aromatic rings. The molecule has 1 heteroatoms. The van der Waals surface area contributed by atoms with Crippen LogP contribution in [0.1, 0.15) is 42.1 Å². The molecule has 0 aromatic carbocycles. The molecule has 1 unspecified atom stereocenters. The number of rotatable bonds is 0. The number of nitrogens with zero attached hydrogens (tertiary/aromatic N) is 1. The van der Waals surface area contributed by atoms with Crippen LogP contribution in [0.4, 0.5) is 0 Å². The standard InChI is InChI=1S/C16H14N/c1-2-11-8-15-13-6-4-10-5-7-14(16(10)13)17(15)9-12(11)3-1/h1,3-4,8-9,14H,2,5-7H2/q+1. The SMILES string of the molecule is C1=Cc2c[n+]3c(cc2C1)C1=C2C(=CC1)CCC23. The summed E-state index contributed by atoms with van der Waals surface area (Å²) >= 11 is 0. The molecule has 1 saturated carbocycles. The van der Waals surface area contributed by atoms with E-state index in [0.29, 0.717) is 6.04 Å². The minimum atomic E-state index is 0.660. The van der Waals surface area contributed by atoms with Crippen molar-refractivity contribution < 1.29 is 4.57 Å². The largest absolute Gasteiger partial charge is 0.210 e. The second kappa shape index (κ2) is 2.61. The van der Waals surface area contributed by atoms with Gasteiger partial charge in [0.1, 0.15) is 0 Å². The molecule has 1 aliphatic heterocycles. The van der Waals surface area contributed by atoms with Crippen LogP contribution in [0.3, 0.4) is 0 Å². The van der Waals surface area contributed by atoms with Gasteiger partial charge in [-0.3, -0.25) is 0 Å². The number of fused-ring (bicyclic) bond motifs is 4. The van der Waals surface area contributed by atoms with Gasteiger partial charge >= 0.3 is 0 Å². The number of pyridine rings is 1. The summed E-state index contributed by atoms with van der Waals surface area (Å²) in [5.74, 6) is 0. The minimum Gasteiger partial charge on any atom is -0.191 e. The molecule has 0 bridgehead atoms. The van der Waals surface area contributed by atoms with Gasteiger partial charge < -0.3 is 0 Å². The minimum absolute atomic E-state index is 0.660. The van der Waals surface area contributed by atoms with Crippen molar-refractivity contribution in [3.05, 3.63) is 52.4 Å². The number of aromatic nitrogens is 1. The normalized spacial score (nSPS) is 26.4. The molecule has 0 spiro atoms. The molecule has 0 N–H and O–H groups in total. The van der Waals surface area contributed by atoms with Gasteiger partial charge in [-0.25, -0.2) is 0 Å². The summed E-state index contributed by atoms with van der Waals surface area (Å²) in [6.07, 6.45) is 14.3. The highest BCUT2D eigenvalue weighted by Crippen LogP contribution is 2.50. The van der Waals surface area contributed by atoms with E-state index in [1.807, 2.05) is 0 Å². The summed E-state index contributed by atoms with van der Waals surface area (Å²) in [7, 11) is 0. The lowest BCUT2D eigenvalue weighted by atomic mass is 10.1. The smallest absolute Gasteiger partial charge is 0.191 e. The van der Waals surface area contributed by atoms with E-state index in [-0.39, 0.29) is 0 Å². The Morgan fingerprint density at radius 1 is 1.24 bits per heavy atom. The molecule has 1 atom stereocenters. The zero-order chi connectivity index (χ0) is 11.0. The molecule has 82 valence electrons. The second-order valence-corrected chi connectivity index (χ2v) is 5.53. The van der Waals surface area contributed by atoms with Gasteiger partial charge in [0, 0.05) is 29.2 Å². The van der Waals surface area contributed by atoms with Crippen molar-refractivity contribution in [2.75, 3.05) is 0 Å². The van der Waals surface area contributed by atoms with Crippen LogP contribution in [0.25, 0.3) is 11.6 Å². The Balaban J connectivity index is 1.81. The predicted octanol–water partition coefficient (Wildman–Crippen LogP) is 2.98. The Hall–Kier alpha value is -1.63. The lowest BCUT2D eigenvalue weighted by Gasteiger charge is -2.05. The first-order valence-corrected chi connectivity index (χ1v) is 6.59. The third kappa shape index (κ3) is 0.867. The van der Waals surface area contributed by atoms with Crippen molar-refractivity contribution in [3.63, 3.8) is 0 Å². The van der Waals surface area contributed by atoms with Gasteiger partial charge in [0.05, 0.1) is 0 Å². The van der Waals surface area contributed by atoms with Gasteiger partial charge in [0.25, 0.3) is 0 Å². The van der Waals surface area contributed by atoms with Crippen LogP contribution < -0.4 is 4.57 Å². The zero-order valence-electron chi connectivity index (χ0n) is 9.74. The van der Waals surface area contributed by atoms with E-state index in [0.717, 1.165) is 6.42 Å². The molecule has 0 saturated heterocycles. The molecule has 3 aliphatic carbocycles. The molecule has 4 aliphatic rings. The molecule has 0 radical (unpaired) electrons. The summed E-state index contributed by atoms with van der Waals surface area (Å²) in [5.41, 5.74) is 9.39. The summed E-state index contributed by atoms with van der Waals surface area (Å²) < 4.78 is 2.54. The Morgan fingerprint density at radius 2 is 2.24 bits per heavy atom. The fourth-order valence-electron chi connectivity index (χ4n) is 4.01. The first kappa shape index (κ1) is 8.46. The van der Waals surface area contributed by atoms with Gasteiger partial charge in [0.2, 0.25) is 5.69 Å².